The molecule has 0 aliphatic heterocycles. The number of fused-ring (bicyclic) bond motifs is 7. The minimum atomic E-state index is 1.17. The number of rotatable bonds is 5. The molecule has 0 spiro atoms. The Labute approximate surface area is 326 Å². The summed E-state index contributed by atoms with van der Waals surface area (Å²) in [6, 6.07) is 75.6. The summed E-state index contributed by atoms with van der Waals surface area (Å²) in [7, 11) is 0. The Bertz CT molecular complexity index is 3280. The van der Waals surface area contributed by atoms with E-state index in [0.29, 0.717) is 0 Å². The quantitative estimate of drug-likeness (QED) is 0.0949. The zero-order valence-corrected chi connectivity index (χ0v) is 30.8. The van der Waals surface area contributed by atoms with E-state index in [4.69, 9.17) is 0 Å². The molecule has 0 fully saturated rings. The van der Waals surface area contributed by atoms with Crippen LogP contribution in [0.5, 0.6) is 0 Å². The molecule has 11 aromatic carbocycles. The summed E-state index contributed by atoms with van der Waals surface area (Å²) in [5.74, 6) is 0. The van der Waals surface area contributed by atoms with Gasteiger partial charge < -0.3 is 0 Å². The highest BCUT2D eigenvalue weighted by Gasteiger charge is 2.19. The molecule has 0 atom stereocenters. The lowest BCUT2D eigenvalue weighted by Crippen LogP contribution is -1.92. The van der Waals surface area contributed by atoms with Crippen LogP contribution in [0, 0.1) is 0 Å². The van der Waals surface area contributed by atoms with Gasteiger partial charge in [-0.25, -0.2) is 0 Å². The maximum Gasteiger partial charge on any atom is -0.00199 e. The van der Waals surface area contributed by atoms with Gasteiger partial charge in [-0.3, -0.25) is 0 Å². The summed E-state index contributed by atoms with van der Waals surface area (Å²) in [4.78, 5) is 0. The summed E-state index contributed by atoms with van der Waals surface area (Å²) in [6.07, 6.45) is 4.50. The molecular formula is C56H36. The summed E-state index contributed by atoms with van der Waals surface area (Å²) in [5, 5.41) is 15.2. The summed E-state index contributed by atoms with van der Waals surface area (Å²) >= 11 is 0. The largest absolute Gasteiger partial charge is 0.0616 e. The van der Waals surface area contributed by atoms with Crippen LogP contribution in [0.2, 0.25) is 0 Å². The van der Waals surface area contributed by atoms with Crippen molar-refractivity contribution in [3.05, 3.63) is 217 Å². The van der Waals surface area contributed by atoms with Gasteiger partial charge in [0.05, 0.1) is 0 Å². The van der Waals surface area contributed by atoms with Crippen molar-refractivity contribution in [1.82, 2.24) is 0 Å². The van der Waals surface area contributed by atoms with Crippen LogP contribution in [0.25, 0.3) is 110 Å². The van der Waals surface area contributed by atoms with E-state index in [-0.39, 0.29) is 0 Å². The lowest BCUT2D eigenvalue weighted by atomic mass is 9.84. The normalized spacial score (nSPS) is 11.9. The molecule has 0 heteroatoms. The van der Waals surface area contributed by atoms with Gasteiger partial charge in [0.1, 0.15) is 0 Å². The van der Waals surface area contributed by atoms with Gasteiger partial charge in [-0.15, -0.1) is 0 Å². The Morgan fingerprint density at radius 3 is 1.41 bits per heavy atom. The third-order valence-electron chi connectivity index (χ3n) is 11.7. The van der Waals surface area contributed by atoms with E-state index in [1.54, 1.807) is 0 Å². The number of hydrogen-bond acceptors (Lipinski definition) is 0. The molecule has 0 heterocycles. The van der Waals surface area contributed by atoms with Crippen molar-refractivity contribution < 1.29 is 0 Å². The van der Waals surface area contributed by atoms with Crippen molar-refractivity contribution in [2.24, 2.45) is 0 Å². The smallest absolute Gasteiger partial charge is 0.00199 e. The standard InChI is InChI=1S/C56H36/c1-3-17-42-38(14-1)16-13-27-47(42)49-35-34-39(43-18-5-6-20-45(43)49)31-28-37-29-32-40(33-30-37)55-50-23-9-11-25-52(50)56(53-26-12-10-24-51(53)55)54-36-41-15-2-4-19-44(41)46-21-7-8-22-48(46)54/h1-36H. The molecule has 0 aliphatic carbocycles. The van der Waals surface area contributed by atoms with Crippen LogP contribution in [-0.4, -0.2) is 0 Å². The molecule has 0 nitrogen and oxygen atoms in total. The molecule has 0 aliphatic rings. The van der Waals surface area contributed by atoms with E-state index in [1.807, 2.05) is 0 Å². The molecule has 0 amide bonds. The Morgan fingerprint density at radius 1 is 0.250 bits per heavy atom. The van der Waals surface area contributed by atoms with E-state index < -0.39 is 0 Å². The SMILES string of the molecule is C(=Cc1ccc(-c2cccc3ccccc23)c2ccccc12)c1ccc(-c2c3ccccc3c(-c3cc4ccccc4c4ccccc34)c3ccccc23)cc1. The van der Waals surface area contributed by atoms with Crippen molar-refractivity contribution in [1.29, 1.82) is 0 Å². The van der Waals surface area contributed by atoms with E-state index in [9.17, 15) is 0 Å². The molecule has 0 radical (unpaired) electrons. The first-order chi connectivity index (χ1) is 27.8. The zero-order valence-electron chi connectivity index (χ0n) is 30.8. The van der Waals surface area contributed by atoms with E-state index in [2.05, 4.69) is 218 Å². The predicted molar refractivity (Wildman–Crippen MR) is 243 cm³/mol. The molecule has 0 unspecified atom stereocenters. The summed E-state index contributed by atoms with van der Waals surface area (Å²) < 4.78 is 0. The first-order valence-electron chi connectivity index (χ1n) is 19.4. The molecule has 260 valence electrons. The minimum Gasteiger partial charge on any atom is -0.0616 e. The molecule has 11 aromatic rings. The fourth-order valence-corrected chi connectivity index (χ4v) is 9.10. The minimum absolute atomic E-state index is 1.17. The van der Waals surface area contributed by atoms with Crippen LogP contribution in [0.3, 0.4) is 0 Å². The highest BCUT2D eigenvalue weighted by molar-refractivity contribution is 6.25. The number of hydrogen-bond donors (Lipinski definition) is 0. The van der Waals surface area contributed by atoms with Crippen LogP contribution < -0.4 is 0 Å². The van der Waals surface area contributed by atoms with Crippen LogP contribution >= 0.6 is 0 Å². The lowest BCUT2D eigenvalue weighted by molar-refractivity contribution is 1.63. The Balaban J connectivity index is 1.01. The first-order valence-corrected chi connectivity index (χ1v) is 19.4. The molecule has 0 saturated carbocycles. The maximum absolute atomic E-state index is 2.40. The Kier molecular flexibility index (Phi) is 7.60. The van der Waals surface area contributed by atoms with Crippen LogP contribution in [-0.2, 0) is 0 Å². The maximum atomic E-state index is 2.40. The van der Waals surface area contributed by atoms with Gasteiger partial charge in [-0.2, -0.15) is 0 Å². The molecular weight excluding hydrogens is 673 g/mol. The van der Waals surface area contributed by atoms with Crippen molar-refractivity contribution >= 4 is 76.8 Å². The van der Waals surface area contributed by atoms with Gasteiger partial charge >= 0.3 is 0 Å². The second kappa shape index (κ2) is 13.2. The molecule has 0 N–H and O–H groups in total. The van der Waals surface area contributed by atoms with Crippen molar-refractivity contribution in [2.45, 2.75) is 0 Å². The molecule has 11 rings (SSSR count). The Hall–Kier alpha value is -7.28. The fourth-order valence-electron chi connectivity index (χ4n) is 9.10. The first kappa shape index (κ1) is 32.2. The van der Waals surface area contributed by atoms with Gasteiger partial charge in [-0.1, -0.05) is 212 Å². The summed E-state index contributed by atoms with van der Waals surface area (Å²) in [5.41, 5.74) is 9.97. The average Bonchev–Trinajstić information content (AvgIpc) is 3.27. The third kappa shape index (κ3) is 5.22. The zero-order chi connectivity index (χ0) is 37.0. The van der Waals surface area contributed by atoms with Gasteiger partial charge in [0, 0.05) is 0 Å². The molecule has 0 saturated heterocycles. The molecule has 56 heavy (non-hydrogen) atoms. The highest BCUT2D eigenvalue weighted by atomic mass is 14.2. The van der Waals surface area contributed by atoms with Gasteiger partial charge in [0.25, 0.3) is 0 Å². The fraction of sp³-hybridized carbons (Fsp3) is 0. The highest BCUT2D eigenvalue weighted by Crippen LogP contribution is 2.46. The van der Waals surface area contributed by atoms with E-state index in [0.717, 1.165) is 0 Å². The average molecular weight is 709 g/mol. The van der Waals surface area contributed by atoms with Gasteiger partial charge in [0.15, 0.2) is 0 Å². The number of benzene rings is 11. The van der Waals surface area contributed by atoms with Gasteiger partial charge in [-0.05, 0) is 115 Å². The molecule has 0 aromatic heterocycles. The van der Waals surface area contributed by atoms with E-state index in [1.165, 1.54) is 109 Å². The van der Waals surface area contributed by atoms with Crippen molar-refractivity contribution in [3.8, 4) is 33.4 Å². The predicted octanol–water partition coefficient (Wildman–Crippen LogP) is 15.8. The van der Waals surface area contributed by atoms with Crippen molar-refractivity contribution in [2.75, 3.05) is 0 Å². The summed E-state index contributed by atoms with van der Waals surface area (Å²) in [6.45, 7) is 0. The van der Waals surface area contributed by atoms with E-state index >= 15 is 0 Å². The van der Waals surface area contributed by atoms with Gasteiger partial charge in [0.2, 0.25) is 0 Å². The molecule has 0 bridgehead atoms. The third-order valence-corrected chi connectivity index (χ3v) is 11.7. The monoisotopic (exact) mass is 708 g/mol. The van der Waals surface area contributed by atoms with Crippen LogP contribution in [0.1, 0.15) is 11.1 Å². The van der Waals surface area contributed by atoms with Crippen LogP contribution in [0.15, 0.2) is 206 Å². The second-order valence-electron chi connectivity index (χ2n) is 14.8. The lowest BCUT2D eigenvalue weighted by Gasteiger charge is -2.19. The topological polar surface area (TPSA) is 0 Å². The van der Waals surface area contributed by atoms with Crippen LogP contribution in [0.4, 0.5) is 0 Å². The second-order valence-corrected chi connectivity index (χ2v) is 14.8. The van der Waals surface area contributed by atoms with Crippen molar-refractivity contribution in [3.63, 3.8) is 0 Å². The Morgan fingerprint density at radius 2 is 0.732 bits per heavy atom.